The number of hydrogen-bond acceptors (Lipinski definition) is 4. The van der Waals surface area contributed by atoms with Crippen molar-refractivity contribution >= 4 is 16.8 Å². The Bertz CT molecular complexity index is 1280. The van der Waals surface area contributed by atoms with Crippen molar-refractivity contribution in [2.45, 2.75) is 13.5 Å². The van der Waals surface area contributed by atoms with E-state index in [0.717, 1.165) is 16.7 Å². The molecule has 150 valence electrons. The monoisotopic (exact) mass is 399 g/mol. The molecule has 6 nitrogen and oxygen atoms in total. The summed E-state index contributed by atoms with van der Waals surface area (Å²) in [5.74, 6) is 0.310. The van der Waals surface area contributed by atoms with Gasteiger partial charge in [0.05, 0.1) is 24.6 Å². The van der Waals surface area contributed by atoms with Crippen molar-refractivity contribution in [1.29, 1.82) is 0 Å². The molecule has 0 saturated heterocycles. The Kier molecular flexibility index (Phi) is 5.41. The molecule has 0 aliphatic heterocycles. The molecule has 6 heteroatoms. The van der Waals surface area contributed by atoms with Crippen molar-refractivity contribution in [2.24, 2.45) is 0 Å². The Balaban J connectivity index is 1.80. The molecule has 0 bridgehead atoms. The van der Waals surface area contributed by atoms with Crippen LogP contribution in [-0.2, 0) is 11.4 Å². The van der Waals surface area contributed by atoms with E-state index in [2.05, 4.69) is 10.5 Å². The van der Waals surface area contributed by atoms with Crippen LogP contribution < -0.4 is 11.0 Å². The minimum absolute atomic E-state index is 0.0828. The Morgan fingerprint density at radius 3 is 2.53 bits per heavy atom. The Labute approximate surface area is 173 Å². The predicted octanol–water partition coefficient (Wildman–Crippen LogP) is 3.71. The third-order valence-corrected chi connectivity index (χ3v) is 5.00. The molecule has 0 aliphatic rings. The van der Waals surface area contributed by atoms with Gasteiger partial charge in [0, 0.05) is 5.56 Å². The van der Waals surface area contributed by atoms with E-state index in [-0.39, 0.29) is 11.5 Å². The maximum absolute atomic E-state index is 13.0. The van der Waals surface area contributed by atoms with Crippen molar-refractivity contribution < 1.29 is 9.63 Å². The van der Waals surface area contributed by atoms with Gasteiger partial charge in [0.2, 0.25) is 0 Å². The molecule has 0 saturated carbocycles. The van der Waals surface area contributed by atoms with Crippen molar-refractivity contribution in [3.8, 4) is 11.1 Å². The number of para-hydroxylation sites is 1. The lowest BCUT2D eigenvalue weighted by atomic mass is 9.96. The van der Waals surface area contributed by atoms with Gasteiger partial charge in [-0.2, -0.15) is 0 Å². The van der Waals surface area contributed by atoms with E-state index in [1.165, 1.54) is 7.11 Å². The molecular weight excluding hydrogens is 378 g/mol. The molecule has 1 heterocycles. The molecule has 0 radical (unpaired) electrons. The zero-order valence-electron chi connectivity index (χ0n) is 16.8. The fourth-order valence-electron chi connectivity index (χ4n) is 3.54. The first kappa shape index (κ1) is 19.5. The molecule has 30 heavy (non-hydrogen) atoms. The zero-order chi connectivity index (χ0) is 21.1. The summed E-state index contributed by atoms with van der Waals surface area (Å²) in [6.45, 7) is 2.18. The van der Waals surface area contributed by atoms with E-state index in [9.17, 15) is 9.59 Å². The number of fused-ring (bicyclic) bond motifs is 1. The lowest BCUT2D eigenvalue weighted by Crippen LogP contribution is -2.25. The first-order valence-electron chi connectivity index (χ1n) is 9.56. The summed E-state index contributed by atoms with van der Waals surface area (Å²) in [7, 11) is 1.40. The number of amides is 1. The Morgan fingerprint density at radius 1 is 1.03 bits per heavy atom. The topological polar surface area (TPSA) is 73.2 Å². The van der Waals surface area contributed by atoms with Gasteiger partial charge in [-0.3, -0.25) is 19.0 Å². The highest BCUT2D eigenvalue weighted by Crippen LogP contribution is 2.25. The highest BCUT2D eigenvalue weighted by atomic mass is 16.6. The molecule has 0 fully saturated rings. The number of benzene rings is 3. The van der Waals surface area contributed by atoms with Gasteiger partial charge in [0.15, 0.2) is 0 Å². The fraction of sp³-hybridized carbons (Fsp3) is 0.125. The van der Waals surface area contributed by atoms with E-state index in [0.29, 0.717) is 28.8 Å². The summed E-state index contributed by atoms with van der Waals surface area (Å²) in [4.78, 5) is 34.8. The number of hydrogen-bond donors (Lipinski definition) is 1. The Hall–Kier alpha value is -3.77. The van der Waals surface area contributed by atoms with Crippen LogP contribution in [0.25, 0.3) is 22.0 Å². The summed E-state index contributed by atoms with van der Waals surface area (Å²) >= 11 is 0. The molecule has 1 N–H and O–H groups in total. The van der Waals surface area contributed by atoms with Crippen LogP contribution in [0.2, 0.25) is 0 Å². The van der Waals surface area contributed by atoms with E-state index < -0.39 is 0 Å². The Morgan fingerprint density at radius 2 is 1.77 bits per heavy atom. The molecule has 0 aliphatic carbocycles. The fourth-order valence-corrected chi connectivity index (χ4v) is 3.54. The van der Waals surface area contributed by atoms with Crippen LogP contribution >= 0.6 is 0 Å². The van der Waals surface area contributed by atoms with E-state index in [1.54, 1.807) is 16.7 Å². The number of aromatic nitrogens is 2. The van der Waals surface area contributed by atoms with Crippen molar-refractivity contribution in [3.63, 3.8) is 0 Å². The standard InChI is InChI=1S/C24H21N3O3/c1-16-25-22-11-7-6-10-20(22)24(29)27(16)15-17-12-13-19(23(28)26-30-2)21(14-17)18-8-4-3-5-9-18/h3-14H,15H2,1-2H3,(H,26,28). The van der Waals surface area contributed by atoms with Gasteiger partial charge in [0.1, 0.15) is 5.82 Å². The molecular formula is C24H21N3O3. The molecule has 4 rings (SSSR count). The predicted molar refractivity (Wildman–Crippen MR) is 116 cm³/mol. The van der Waals surface area contributed by atoms with Crippen LogP contribution in [0.3, 0.4) is 0 Å². The van der Waals surface area contributed by atoms with E-state index in [1.807, 2.05) is 67.6 Å². The first-order chi connectivity index (χ1) is 14.6. The van der Waals surface area contributed by atoms with Crippen LogP contribution in [0.1, 0.15) is 21.7 Å². The van der Waals surface area contributed by atoms with Crippen LogP contribution in [-0.4, -0.2) is 22.6 Å². The number of aryl methyl sites for hydroxylation is 1. The molecule has 3 aromatic carbocycles. The smallest absolute Gasteiger partial charge is 0.275 e. The first-order valence-corrected chi connectivity index (χ1v) is 9.56. The summed E-state index contributed by atoms with van der Waals surface area (Å²) < 4.78 is 1.65. The highest BCUT2D eigenvalue weighted by Gasteiger charge is 2.15. The number of rotatable bonds is 5. The van der Waals surface area contributed by atoms with Gasteiger partial charge in [-0.1, -0.05) is 48.5 Å². The van der Waals surface area contributed by atoms with Gasteiger partial charge >= 0.3 is 0 Å². The summed E-state index contributed by atoms with van der Waals surface area (Å²) in [5.41, 5.74) is 6.04. The van der Waals surface area contributed by atoms with Crippen molar-refractivity contribution in [2.75, 3.05) is 7.11 Å². The average Bonchev–Trinajstić information content (AvgIpc) is 2.77. The van der Waals surface area contributed by atoms with Gasteiger partial charge in [0.25, 0.3) is 11.5 Å². The van der Waals surface area contributed by atoms with Gasteiger partial charge in [-0.15, -0.1) is 0 Å². The number of carbonyl (C=O) groups is 1. The second-order valence-corrected chi connectivity index (χ2v) is 6.95. The third-order valence-electron chi connectivity index (χ3n) is 5.00. The number of hydroxylamine groups is 1. The number of nitrogens with zero attached hydrogens (tertiary/aromatic N) is 2. The molecule has 1 aromatic heterocycles. The minimum Gasteiger partial charge on any atom is -0.292 e. The second kappa shape index (κ2) is 8.31. The summed E-state index contributed by atoms with van der Waals surface area (Å²) in [5, 5.41) is 0.586. The SMILES string of the molecule is CONC(=O)c1ccc(Cn2c(C)nc3ccccc3c2=O)cc1-c1ccccc1. The second-order valence-electron chi connectivity index (χ2n) is 6.95. The lowest BCUT2D eigenvalue weighted by molar-refractivity contribution is 0.0538. The number of carbonyl (C=O) groups excluding carboxylic acids is 1. The van der Waals surface area contributed by atoms with E-state index in [4.69, 9.17) is 4.84 Å². The largest absolute Gasteiger partial charge is 0.292 e. The molecule has 0 unspecified atom stereocenters. The van der Waals surface area contributed by atoms with Crippen LogP contribution in [0.15, 0.2) is 77.6 Å². The average molecular weight is 399 g/mol. The lowest BCUT2D eigenvalue weighted by Gasteiger charge is -2.14. The van der Waals surface area contributed by atoms with Crippen LogP contribution in [0.4, 0.5) is 0 Å². The normalized spacial score (nSPS) is 10.9. The highest BCUT2D eigenvalue weighted by molar-refractivity contribution is 6.00. The van der Waals surface area contributed by atoms with Crippen LogP contribution in [0.5, 0.6) is 0 Å². The van der Waals surface area contributed by atoms with Gasteiger partial charge < -0.3 is 0 Å². The van der Waals surface area contributed by atoms with Gasteiger partial charge in [-0.25, -0.2) is 10.5 Å². The molecule has 1 amide bonds. The quantitative estimate of drug-likeness (QED) is 0.519. The maximum atomic E-state index is 13.0. The minimum atomic E-state index is -0.330. The third kappa shape index (κ3) is 3.73. The summed E-state index contributed by atoms with van der Waals surface area (Å²) in [6.07, 6.45) is 0. The van der Waals surface area contributed by atoms with Crippen molar-refractivity contribution in [1.82, 2.24) is 15.0 Å². The zero-order valence-corrected chi connectivity index (χ0v) is 16.8. The molecule has 4 aromatic rings. The maximum Gasteiger partial charge on any atom is 0.275 e. The van der Waals surface area contributed by atoms with Crippen LogP contribution in [0, 0.1) is 6.92 Å². The van der Waals surface area contributed by atoms with E-state index >= 15 is 0 Å². The van der Waals surface area contributed by atoms with Crippen molar-refractivity contribution in [3.05, 3.63) is 100 Å². The summed E-state index contributed by atoms with van der Waals surface area (Å²) in [6, 6.07) is 22.5. The van der Waals surface area contributed by atoms with Gasteiger partial charge in [-0.05, 0) is 47.9 Å². The molecule has 0 spiro atoms. The number of nitrogens with one attached hydrogen (secondary N) is 1. The molecule has 0 atom stereocenters.